The molecule has 2 aromatic heterocycles. The lowest BCUT2D eigenvalue weighted by atomic mass is 10.1. The Morgan fingerprint density at radius 3 is 2.60 bits per heavy atom. The SMILES string of the molecule is Cn1c(Nc2ccc(I)cc2F)c(C(=O)NOCCO[Si](C)(C)C(C)(C)C)c2ncccc2c1=O. The van der Waals surface area contributed by atoms with Crippen molar-refractivity contribution in [2.24, 2.45) is 7.05 Å². The first kappa shape index (κ1) is 27.2. The van der Waals surface area contributed by atoms with Crippen LogP contribution in [0.4, 0.5) is 15.9 Å². The second-order valence-electron chi connectivity index (χ2n) is 9.62. The summed E-state index contributed by atoms with van der Waals surface area (Å²) in [6.07, 6.45) is 1.49. The van der Waals surface area contributed by atoms with Crippen LogP contribution in [0.15, 0.2) is 41.3 Å². The molecule has 1 amide bonds. The van der Waals surface area contributed by atoms with Gasteiger partial charge in [-0.1, -0.05) is 20.8 Å². The highest BCUT2D eigenvalue weighted by atomic mass is 127. The zero-order chi connectivity index (χ0) is 26.0. The zero-order valence-electron chi connectivity index (χ0n) is 20.7. The Kier molecular flexibility index (Phi) is 8.35. The number of hydroxylamine groups is 1. The van der Waals surface area contributed by atoms with E-state index in [1.807, 2.05) is 22.6 Å². The van der Waals surface area contributed by atoms with Gasteiger partial charge in [-0.3, -0.25) is 24.0 Å². The van der Waals surface area contributed by atoms with Crippen molar-refractivity contribution >= 4 is 59.2 Å². The predicted octanol–water partition coefficient (Wildman–Crippen LogP) is 5.10. The summed E-state index contributed by atoms with van der Waals surface area (Å²) >= 11 is 2.00. The molecule has 3 aromatic rings. The van der Waals surface area contributed by atoms with Gasteiger partial charge in [-0.2, -0.15) is 0 Å². The van der Waals surface area contributed by atoms with Gasteiger partial charge in [0.15, 0.2) is 8.32 Å². The van der Waals surface area contributed by atoms with Gasteiger partial charge in [-0.05, 0) is 71.1 Å². The summed E-state index contributed by atoms with van der Waals surface area (Å²) in [5.41, 5.74) is 2.41. The van der Waals surface area contributed by atoms with Crippen LogP contribution < -0.4 is 16.4 Å². The number of nitrogens with one attached hydrogen (secondary N) is 2. The fraction of sp³-hybridized carbons (Fsp3) is 0.375. The van der Waals surface area contributed by atoms with Crippen molar-refractivity contribution in [2.45, 2.75) is 38.9 Å². The summed E-state index contributed by atoms with van der Waals surface area (Å²) in [7, 11) is -0.438. The first-order valence-electron chi connectivity index (χ1n) is 11.1. The van der Waals surface area contributed by atoms with Gasteiger partial charge in [0.1, 0.15) is 17.2 Å². The molecule has 1 aromatic carbocycles. The predicted molar refractivity (Wildman–Crippen MR) is 146 cm³/mol. The Morgan fingerprint density at radius 2 is 1.94 bits per heavy atom. The number of benzene rings is 1. The van der Waals surface area contributed by atoms with E-state index in [4.69, 9.17) is 9.26 Å². The molecule has 2 heterocycles. The standard InChI is InChI=1S/C24H30FIN4O4Si/c1-24(2,3)35(5,6)34-13-12-33-29-22(31)19-20-16(8-7-11-27-20)23(32)30(4)21(19)28-18-10-9-15(26)14-17(18)25/h7-11,14,28H,12-13H2,1-6H3,(H,29,31). The van der Waals surface area contributed by atoms with E-state index in [9.17, 15) is 14.0 Å². The van der Waals surface area contributed by atoms with Crippen LogP contribution in [0.3, 0.4) is 0 Å². The molecule has 2 N–H and O–H groups in total. The number of pyridine rings is 2. The minimum Gasteiger partial charge on any atom is -0.414 e. The molecule has 11 heteroatoms. The van der Waals surface area contributed by atoms with E-state index in [0.717, 1.165) is 0 Å². The molecule has 0 aliphatic rings. The molecule has 0 aliphatic carbocycles. The van der Waals surface area contributed by atoms with Crippen LogP contribution in [0.25, 0.3) is 10.9 Å². The van der Waals surface area contributed by atoms with Gasteiger partial charge in [0.05, 0.1) is 29.8 Å². The molecular formula is C24H30FIN4O4Si. The molecule has 35 heavy (non-hydrogen) atoms. The summed E-state index contributed by atoms with van der Waals surface area (Å²) in [5.74, 6) is -1.04. The smallest absolute Gasteiger partial charge is 0.280 e. The molecule has 0 bridgehead atoms. The van der Waals surface area contributed by atoms with Crippen molar-refractivity contribution in [1.29, 1.82) is 0 Å². The first-order valence-corrected chi connectivity index (χ1v) is 15.1. The molecule has 8 nitrogen and oxygen atoms in total. The van der Waals surface area contributed by atoms with E-state index < -0.39 is 20.0 Å². The van der Waals surface area contributed by atoms with Gasteiger partial charge >= 0.3 is 0 Å². The quantitative estimate of drug-likeness (QED) is 0.159. The average molecular weight is 613 g/mol. The lowest BCUT2D eigenvalue weighted by Crippen LogP contribution is -2.42. The van der Waals surface area contributed by atoms with Crippen molar-refractivity contribution in [2.75, 3.05) is 18.5 Å². The zero-order valence-corrected chi connectivity index (χ0v) is 23.8. The van der Waals surface area contributed by atoms with E-state index in [1.54, 1.807) is 24.3 Å². The number of nitrogens with zero attached hydrogens (tertiary/aromatic N) is 2. The van der Waals surface area contributed by atoms with Crippen molar-refractivity contribution in [3.63, 3.8) is 0 Å². The van der Waals surface area contributed by atoms with E-state index in [0.29, 0.717) is 10.2 Å². The number of anilines is 2. The molecular weight excluding hydrogens is 582 g/mol. The Balaban J connectivity index is 1.88. The number of hydrogen-bond acceptors (Lipinski definition) is 6. The summed E-state index contributed by atoms with van der Waals surface area (Å²) < 4.78 is 22.6. The number of amides is 1. The van der Waals surface area contributed by atoms with Crippen LogP contribution >= 0.6 is 22.6 Å². The molecule has 0 radical (unpaired) electrons. The van der Waals surface area contributed by atoms with Gasteiger partial charge in [0, 0.05) is 16.8 Å². The fourth-order valence-corrected chi connectivity index (χ4v) is 4.62. The summed E-state index contributed by atoms with van der Waals surface area (Å²) in [4.78, 5) is 35.8. The summed E-state index contributed by atoms with van der Waals surface area (Å²) in [6.45, 7) is 11.2. The van der Waals surface area contributed by atoms with E-state index in [-0.39, 0.29) is 45.2 Å². The lowest BCUT2D eigenvalue weighted by Gasteiger charge is -2.36. The second kappa shape index (κ2) is 10.7. The van der Waals surface area contributed by atoms with Gasteiger partial charge in [0.2, 0.25) is 0 Å². The fourth-order valence-electron chi connectivity index (χ4n) is 3.14. The normalized spacial score (nSPS) is 12.1. The highest BCUT2D eigenvalue weighted by molar-refractivity contribution is 14.1. The molecule has 0 saturated carbocycles. The monoisotopic (exact) mass is 612 g/mol. The van der Waals surface area contributed by atoms with Crippen LogP contribution in [0.5, 0.6) is 0 Å². The van der Waals surface area contributed by atoms with Gasteiger partial charge < -0.3 is 9.74 Å². The molecule has 188 valence electrons. The Labute approximate surface area is 218 Å². The number of halogens is 2. The van der Waals surface area contributed by atoms with Crippen LogP contribution in [0.2, 0.25) is 18.1 Å². The number of carbonyl (C=O) groups is 1. The minimum absolute atomic E-state index is 0.0566. The van der Waals surface area contributed by atoms with Crippen LogP contribution in [-0.4, -0.2) is 37.0 Å². The number of rotatable bonds is 8. The van der Waals surface area contributed by atoms with E-state index >= 15 is 0 Å². The Bertz CT molecular complexity index is 1310. The number of hydrogen-bond donors (Lipinski definition) is 2. The average Bonchev–Trinajstić information content (AvgIpc) is 2.77. The van der Waals surface area contributed by atoms with E-state index in [2.05, 4.69) is 49.6 Å². The maximum Gasteiger partial charge on any atom is 0.280 e. The van der Waals surface area contributed by atoms with Crippen LogP contribution in [0, 0.1) is 9.39 Å². The van der Waals surface area contributed by atoms with Gasteiger partial charge in [-0.15, -0.1) is 0 Å². The van der Waals surface area contributed by atoms with Gasteiger partial charge in [-0.25, -0.2) is 9.87 Å². The highest BCUT2D eigenvalue weighted by Crippen LogP contribution is 2.36. The summed E-state index contributed by atoms with van der Waals surface area (Å²) in [6, 6.07) is 7.82. The van der Waals surface area contributed by atoms with Crippen molar-refractivity contribution in [1.82, 2.24) is 15.0 Å². The third-order valence-electron chi connectivity index (χ3n) is 6.18. The second-order valence-corrected chi connectivity index (χ2v) is 15.7. The first-order chi connectivity index (χ1) is 16.3. The van der Waals surface area contributed by atoms with Crippen LogP contribution in [-0.2, 0) is 16.3 Å². The number of aromatic nitrogens is 2. The van der Waals surface area contributed by atoms with Crippen molar-refractivity contribution in [3.05, 3.63) is 61.8 Å². The Hall–Kier alpha value is -2.35. The molecule has 0 saturated heterocycles. The van der Waals surface area contributed by atoms with Crippen molar-refractivity contribution in [3.8, 4) is 0 Å². The maximum absolute atomic E-state index is 14.6. The lowest BCUT2D eigenvalue weighted by molar-refractivity contribution is 0.0185. The van der Waals surface area contributed by atoms with Gasteiger partial charge in [0.25, 0.3) is 11.5 Å². The number of carbonyl (C=O) groups excluding carboxylic acids is 1. The topological polar surface area (TPSA) is 94.5 Å². The third kappa shape index (κ3) is 6.08. The van der Waals surface area contributed by atoms with E-state index in [1.165, 1.54) is 23.9 Å². The molecule has 0 spiro atoms. The van der Waals surface area contributed by atoms with Crippen molar-refractivity contribution < 1.29 is 18.4 Å². The minimum atomic E-state index is -1.94. The molecule has 3 rings (SSSR count). The highest BCUT2D eigenvalue weighted by Gasteiger charge is 2.36. The third-order valence-corrected chi connectivity index (χ3v) is 11.4. The molecule has 0 atom stereocenters. The summed E-state index contributed by atoms with van der Waals surface area (Å²) in [5, 5.41) is 3.21. The molecule has 0 aliphatic heterocycles. The maximum atomic E-state index is 14.6. The molecule has 0 fully saturated rings. The largest absolute Gasteiger partial charge is 0.414 e. The number of fused-ring (bicyclic) bond motifs is 1. The van der Waals surface area contributed by atoms with Crippen LogP contribution in [0.1, 0.15) is 31.1 Å². The Morgan fingerprint density at radius 1 is 1.23 bits per heavy atom. The molecule has 0 unspecified atom stereocenters.